The molecule has 1 amide bonds. The summed E-state index contributed by atoms with van der Waals surface area (Å²) in [6.45, 7) is 10.0. The van der Waals surface area contributed by atoms with E-state index in [0.717, 1.165) is 26.2 Å². The molecule has 24 heavy (non-hydrogen) atoms. The van der Waals surface area contributed by atoms with Gasteiger partial charge < -0.3 is 10.6 Å². The molecule has 0 radical (unpaired) electrons. The zero-order valence-corrected chi connectivity index (χ0v) is 15.2. The number of hydrogen-bond acceptors (Lipinski definition) is 3. The van der Waals surface area contributed by atoms with E-state index in [1.807, 2.05) is 13.0 Å². The summed E-state index contributed by atoms with van der Waals surface area (Å²) >= 11 is 0. The van der Waals surface area contributed by atoms with E-state index in [1.165, 1.54) is 12.0 Å². The first-order chi connectivity index (χ1) is 11.5. The van der Waals surface area contributed by atoms with Gasteiger partial charge in [0.2, 0.25) is 5.91 Å². The zero-order valence-electron chi connectivity index (χ0n) is 15.2. The topological polar surface area (TPSA) is 49.6 Å². The highest BCUT2D eigenvalue weighted by Gasteiger charge is 2.38. The highest BCUT2D eigenvalue weighted by Crippen LogP contribution is 2.29. The Morgan fingerprint density at radius 3 is 2.33 bits per heavy atom. The molecule has 3 rings (SSSR count). The molecule has 1 aromatic rings. The average molecular weight is 329 g/mol. The number of rotatable bonds is 3. The Kier molecular flexibility index (Phi) is 5.26. The smallest absolute Gasteiger partial charge is 0.239 e. The van der Waals surface area contributed by atoms with Crippen molar-refractivity contribution in [3.63, 3.8) is 0 Å². The summed E-state index contributed by atoms with van der Waals surface area (Å²) in [4.78, 5) is 17.3. The number of piperidine rings is 1. The van der Waals surface area contributed by atoms with Crippen LogP contribution in [0.25, 0.3) is 0 Å². The Hall–Kier alpha value is -1.39. The third kappa shape index (κ3) is 3.65. The molecule has 132 valence electrons. The van der Waals surface area contributed by atoms with Gasteiger partial charge in [0, 0.05) is 38.1 Å². The number of amides is 1. The minimum atomic E-state index is -0.0812. The van der Waals surface area contributed by atoms with Crippen molar-refractivity contribution < 1.29 is 4.79 Å². The lowest BCUT2D eigenvalue weighted by molar-refractivity contribution is -0.138. The summed E-state index contributed by atoms with van der Waals surface area (Å²) in [5.41, 5.74) is 7.68. The molecule has 0 saturated carbocycles. The normalized spacial score (nSPS) is 32.8. The van der Waals surface area contributed by atoms with Crippen LogP contribution in [0, 0.1) is 11.8 Å². The van der Waals surface area contributed by atoms with Crippen molar-refractivity contribution in [1.29, 1.82) is 0 Å². The van der Waals surface area contributed by atoms with E-state index in [0.29, 0.717) is 17.8 Å². The second-order valence-electron chi connectivity index (χ2n) is 8.00. The van der Waals surface area contributed by atoms with Gasteiger partial charge >= 0.3 is 0 Å². The van der Waals surface area contributed by atoms with Gasteiger partial charge in [-0.05, 0) is 30.7 Å². The second kappa shape index (κ2) is 7.24. The minimum Gasteiger partial charge on any atom is -0.341 e. The molecule has 0 spiro atoms. The fourth-order valence-corrected chi connectivity index (χ4v) is 4.49. The number of nitrogens with zero attached hydrogens (tertiary/aromatic N) is 2. The van der Waals surface area contributed by atoms with Crippen LogP contribution in [0.5, 0.6) is 0 Å². The lowest BCUT2D eigenvalue weighted by Crippen LogP contribution is -2.51. The molecule has 3 unspecified atom stereocenters. The van der Waals surface area contributed by atoms with Gasteiger partial charge in [0.15, 0.2) is 0 Å². The standard InChI is InChI=1S/C20H31N3O/c1-14-9-15(2)11-23(10-14)20(24)16(3)22-12-18(19(21)13-22)17-7-5-4-6-8-17/h4-8,14-16,18-19H,9-13,21H2,1-3H3/t14?,15?,16?,18-,19+/m0/s1. The fourth-order valence-electron chi connectivity index (χ4n) is 4.49. The summed E-state index contributed by atoms with van der Waals surface area (Å²) < 4.78 is 0. The average Bonchev–Trinajstić information content (AvgIpc) is 2.95. The van der Waals surface area contributed by atoms with Crippen molar-refractivity contribution in [3.05, 3.63) is 35.9 Å². The lowest BCUT2D eigenvalue weighted by Gasteiger charge is -2.38. The number of carbonyl (C=O) groups excluding carboxylic acids is 1. The largest absolute Gasteiger partial charge is 0.341 e. The molecule has 2 fully saturated rings. The first kappa shape index (κ1) is 17.4. The monoisotopic (exact) mass is 329 g/mol. The van der Waals surface area contributed by atoms with E-state index in [2.05, 4.69) is 47.9 Å². The van der Waals surface area contributed by atoms with Crippen molar-refractivity contribution in [3.8, 4) is 0 Å². The molecule has 2 aliphatic rings. The van der Waals surface area contributed by atoms with Crippen molar-refractivity contribution in [2.45, 2.75) is 45.2 Å². The first-order valence-corrected chi connectivity index (χ1v) is 9.29. The molecule has 1 aromatic carbocycles. The summed E-state index contributed by atoms with van der Waals surface area (Å²) in [5.74, 6) is 1.79. The lowest BCUT2D eigenvalue weighted by atomic mass is 9.91. The van der Waals surface area contributed by atoms with Crippen LogP contribution in [0.2, 0.25) is 0 Å². The van der Waals surface area contributed by atoms with Crippen molar-refractivity contribution in [1.82, 2.24) is 9.80 Å². The van der Waals surface area contributed by atoms with Crippen LogP contribution in [-0.2, 0) is 4.79 Å². The Balaban J connectivity index is 1.65. The predicted molar refractivity (Wildman–Crippen MR) is 97.7 cm³/mol. The van der Waals surface area contributed by atoms with Gasteiger partial charge in [-0.15, -0.1) is 0 Å². The molecule has 2 heterocycles. The predicted octanol–water partition coefficient (Wildman–Crippen LogP) is 2.31. The molecule has 2 N–H and O–H groups in total. The van der Waals surface area contributed by atoms with Crippen LogP contribution in [0.4, 0.5) is 0 Å². The van der Waals surface area contributed by atoms with Gasteiger partial charge in [-0.25, -0.2) is 0 Å². The van der Waals surface area contributed by atoms with Gasteiger partial charge in [-0.1, -0.05) is 44.2 Å². The summed E-state index contributed by atoms with van der Waals surface area (Å²) in [6, 6.07) is 10.5. The number of nitrogens with two attached hydrogens (primary N) is 1. The van der Waals surface area contributed by atoms with E-state index in [4.69, 9.17) is 5.73 Å². The SMILES string of the molecule is CC1CC(C)CN(C(=O)C(C)N2C[C@@H](N)[C@H](c3ccccc3)C2)C1. The van der Waals surface area contributed by atoms with Crippen molar-refractivity contribution in [2.24, 2.45) is 17.6 Å². The van der Waals surface area contributed by atoms with E-state index in [-0.39, 0.29) is 18.0 Å². The molecule has 2 aliphatic heterocycles. The molecule has 0 bridgehead atoms. The molecule has 4 nitrogen and oxygen atoms in total. The van der Waals surface area contributed by atoms with E-state index < -0.39 is 0 Å². The van der Waals surface area contributed by atoms with Crippen LogP contribution in [0.15, 0.2) is 30.3 Å². The zero-order chi connectivity index (χ0) is 17.3. The molecule has 0 aliphatic carbocycles. The first-order valence-electron chi connectivity index (χ1n) is 9.29. The Morgan fingerprint density at radius 2 is 1.71 bits per heavy atom. The number of carbonyl (C=O) groups is 1. The quantitative estimate of drug-likeness (QED) is 0.926. The van der Waals surface area contributed by atoms with Gasteiger partial charge in [-0.3, -0.25) is 9.69 Å². The summed E-state index contributed by atoms with van der Waals surface area (Å²) in [6.07, 6.45) is 1.23. The van der Waals surface area contributed by atoms with Gasteiger partial charge in [0.25, 0.3) is 0 Å². The van der Waals surface area contributed by atoms with Crippen molar-refractivity contribution >= 4 is 5.91 Å². The van der Waals surface area contributed by atoms with Gasteiger partial charge in [-0.2, -0.15) is 0 Å². The maximum atomic E-state index is 13.0. The van der Waals surface area contributed by atoms with Crippen LogP contribution >= 0.6 is 0 Å². The number of benzene rings is 1. The van der Waals surface area contributed by atoms with Gasteiger partial charge in [0.1, 0.15) is 0 Å². The molecular weight excluding hydrogens is 298 g/mol. The van der Waals surface area contributed by atoms with E-state index in [1.54, 1.807) is 0 Å². The third-order valence-corrected chi connectivity index (χ3v) is 5.71. The van der Waals surface area contributed by atoms with E-state index >= 15 is 0 Å². The highest BCUT2D eigenvalue weighted by molar-refractivity contribution is 5.81. The molecule has 0 aromatic heterocycles. The summed E-state index contributed by atoms with van der Waals surface area (Å²) in [7, 11) is 0. The molecule has 2 saturated heterocycles. The van der Waals surface area contributed by atoms with E-state index in [9.17, 15) is 4.79 Å². The number of hydrogen-bond donors (Lipinski definition) is 1. The Morgan fingerprint density at radius 1 is 1.08 bits per heavy atom. The maximum absolute atomic E-state index is 13.0. The Bertz CT molecular complexity index is 551. The van der Waals surface area contributed by atoms with Crippen LogP contribution < -0.4 is 5.73 Å². The molecule has 5 atom stereocenters. The van der Waals surface area contributed by atoms with Crippen molar-refractivity contribution in [2.75, 3.05) is 26.2 Å². The minimum absolute atomic E-state index is 0.0812. The Labute approximate surface area is 146 Å². The second-order valence-corrected chi connectivity index (χ2v) is 8.00. The van der Waals surface area contributed by atoms with Crippen LogP contribution in [0.3, 0.4) is 0 Å². The number of likely N-dealkylation sites (tertiary alicyclic amines) is 2. The molecular formula is C20H31N3O. The summed E-state index contributed by atoms with van der Waals surface area (Å²) in [5, 5.41) is 0. The highest BCUT2D eigenvalue weighted by atomic mass is 16.2. The third-order valence-electron chi connectivity index (χ3n) is 5.71. The van der Waals surface area contributed by atoms with Gasteiger partial charge in [0.05, 0.1) is 6.04 Å². The fraction of sp³-hybridized carbons (Fsp3) is 0.650. The molecule has 4 heteroatoms. The maximum Gasteiger partial charge on any atom is 0.239 e. The van der Waals surface area contributed by atoms with Crippen LogP contribution in [-0.4, -0.2) is 54.0 Å². The van der Waals surface area contributed by atoms with Crippen LogP contribution in [0.1, 0.15) is 38.7 Å².